The summed E-state index contributed by atoms with van der Waals surface area (Å²) in [4.78, 5) is 0. The zero-order valence-electron chi connectivity index (χ0n) is 9.19. The number of hydrogen-bond acceptors (Lipinski definition) is 1. The van der Waals surface area contributed by atoms with E-state index in [0.717, 1.165) is 18.8 Å². The molecule has 0 bridgehead atoms. The first-order chi connectivity index (χ1) is 6.02. The Kier molecular flexibility index (Phi) is 6.65. The summed E-state index contributed by atoms with van der Waals surface area (Å²) >= 11 is 0. The molecule has 0 aromatic carbocycles. The molecule has 2 nitrogen and oxygen atoms in total. The zero-order chi connectivity index (χ0) is 10.3. The fourth-order valence-corrected chi connectivity index (χ4v) is 1.61. The average molecular weight is 183 g/mol. The van der Waals surface area contributed by atoms with E-state index >= 15 is 0 Å². The second-order valence-electron chi connectivity index (χ2n) is 4.29. The van der Waals surface area contributed by atoms with Gasteiger partial charge in [0.25, 0.3) is 0 Å². The van der Waals surface area contributed by atoms with Crippen molar-refractivity contribution in [3.8, 4) is 0 Å². The van der Waals surface area contributed by atoms with Crippen molar-refractivity contribution in [2.75, 3.05) is 0 Å². The summed E-state index contributed by atoms with van der Waals surface area (Å²) < 4.78 is 0. The van der Waals surface area contributed by atoms with Gasteiger partial charge < -0.3 is 5.73 Å². The number of rotatable bonds is 7. The van der Waals surface area contributed by atoms with Crippen LogP contribution in [-0.2, 0) is 0 Å². The summed E-state index contributed by atoms with van der Waals surface area (Å²) in [5, 5.41) is 7.07. The zero-order valence-corrected chi connectivity index (χ0v) is 9.19. The van der Waals surface area contributed by atoms with Crippen LogP contribution in [-0.4, -0.2) is 5.84 Å². The molecule has 1 atom stereocenters. The predicted molar refractivity (Wildman–Crippen MR) is 58.8 cm³/mol. The molecule has 0 aliphatic heterocycles. The molecule has 0 heterocycles. The third-order valence-corrected chi connectivity index (χ3v) is 2.15. The molecule has 13 heavy (non-hydrogen) atoms. The van der Waals surface area contributed by atoms with Gasteiger partial charge in [-0.2, -0.15) is 0 Å². The monoisotopic (exact) mass is 183 g/mol. The van der Waals surface area contributed by atoms with Crippen LogP contribution in [0.4, 0.5) is 0 Å². The van der Waals surface area contributed by atoms with Crippen LogP contribution in [0, 0.1) is 17.2 Å². The quantitative estimate of drug-likeness (QED) is 0.355. The molecule has 0 amide bonds. The van der Waals surface area contributed by atoms with Crippen molar-refractivity contribution in [3.63, 3.8) is 0 Å². The van der Waals surface area contributed by atoms with Crippen molar-refractivity contribution in [2.24, 2.45) is 11.7 Å². The molecule has 0 saturated heterocycles. The molecule has 2 heteroatoms. The second kappa shape index (κ2) is 6.93. The van der Waals surface area contributed by atoms with E-state index in [1.54, 1.807) is 0 Å². The van der Waals surface area contributed by atoms with Crippen molar-refractivity contribution in [1.82, 2.24) is 0 Å². The van der Waals surface area contributed by atoms with Gasteiger partial charge in [-0.15, -0.1) is 0 Å². The van der Waals surface area contributed by atoms with Crippen molar-refractivity contribution >= 4 is 5.84 Å². The SMILES string of the molecule is C[C](C)CC(C)CCCCC(=N)N. The lowest BCUT2D eigenvalue weighted by molar-refractivity contribution is 0.477. The van der Waals surface area contributed by atoms with Gasteiger partial charge in [0.05, 0.1) is 5.84 Å². The molecule has 0 aromatic rings. The molecule has 1 unspecified atom stereocenters. The van der Waals surface area contributed by atoms with Gasteiger partial charge in [-0.05, 0) is 24.7 Å². The molecule has 0 aromatic heterocycles. The highest BCUT2D eigenvalue weighted by atomic mass is 14.7. The number of nitrogens with one attached hydrogen (secondary N) is 1. The summed E-state index contributed by atoms with van der Waals surface area (Å²) in [6.45, 7) is 6.67. The number of amidine groups is 1. The number of unbranched alkanes of at least 4 members (excludes halogenated alkanes) is 1. The Morgan fingerprint density at radius 3 is 2.38 bits per heavy atom. The van der Waals surface area contributed by atoms with Crippen LogP contribution in [0.1, 0.15) is 52.9 Å². The Labute approximate surface area is 82.4 Å². The van der Waals surface area contributed by atoms with E-state index in [9.17, 15) is 0 Å². The van der Waals surface area contributed by atoms with E-state index in [0.29, 0.717) is 5.84 Å². The maximum atomic E-state index is 7.07. The summed E-state index contributed by atoms with van der Waals surface area (Å²) in [5.41, 5.74) is 5.27. The molecule has 0 aliphatic carbocycles. The third-order valence-electron chi connectivity index (χ3n) is 2.15. The normalized spacial score (nSPS) is 13.2. The molecule has 1 radical (unpaired) electrons. The topological polar surface area (TPSA) is 49.9 Å². The summed E-state index contributed by atoms with van der Waals surface area (Å²) in [6.07, 6.45) is 5.54. The van der Waals surface area contributed by atoms with Gasteiger partial charge in [0.1, 0.15) is 0 Å². The molecule has 0 fully saturated rings. The maximum Gasteiger partial charge on any atom is 0.0905 e. The van der Waals surface area contributed by atoms with Gasteiger partial charge in [-0.3, -0.25) is 5.41 Å². The summed E-state index contributed by atoms with van der Waals surface area (Å²) in [5.74, 6) is 2.63. The molecule has 77 valence electrons. The van der Waals surface area contributed by atoms with Crippen LogP contribution in [0.25, 0.3) is 0 Å². The Balaban J connectivity index is 3.26. The van der Waals surface area contributed by atoms with E-state index < -0.39 is 0 Å². The number of hydrogen-bond donors (Lipinski definition) is 2. The van der Waals surface area contributed by atoms with E-state index in [4.69, 9.17) is 11.1 Å². The minimum Gasteiger partial charge on any atom is -0.388 e. The van der Waals surface area contributed by atoms with Crippen molar-refractivity contribution in [1.29, 1.82) is 5.41 Å². The minimum atomic E-state index is 0.325. The van der Waals surface area contributed by atoms with Crippen molar-refractivity contribution in [2.45, 2.75) is 52.9 Å². The first-order valence-electron chi connectivity index (χ1n) is 5.14. The summed E-state index contributed by atoms with van der Waals surface area (Å²) in [7, 11) is 0. The fourth-order valence-electron chi connectivity index (χ4n) is 1.61. The van der Waals surface area contributed by atoms with Crippen LogP contribution < -0.4 is 5.73 Å². The van der Waals surface area contributed by atoms with Gasteiger partial charge in [0, 0.05) is 6.42 Å². The standard InChI is InChI=1S/C11H23N2/c1-9(2)8-10(3)6-4-5-7-11(12)13/h10H,4-8H2,1-3H3,(H3,12,13). The Morgan fingerprint density at radius 2 is 1.92 bits per heavy atom. The first kappa shape index (κ1) is 12.5. The van der Waals surface area contributed by atoms with Crippen LogP contribution in [0.15, 0.2) is 0 Å². The van der Waals surface area contributed by atoms with Gasteiger partial charge in [-0.1, -0.05) is 33.6 Å². The smallest absolute Gasteiger partial charge is 0.0905 e. The first-order valence-corrected chi connectivity index (χ1v) is 5.14. The highest BCUT2D eigenvalue weighted by Crippen LogP contribution is 2.18. The second-order valence-corrected chi connectivity index (χ2v) is 4.29. The van der Waals surface area contributed by atoms with E-state index in [-0.39, 0.29) is 0 Å². The van der Waals surface area contributed by atoms with Gasteiger partial charge >= 0.3 is 0 Å². The van der Waals surface area contributed by atoms with Gasteiger partial charge in [0.2, 0.25) is 0 Å². The molecule has 0 saturated carbocycles. The van der Waals surface area contributed by atoms with E-state index in [1.165, 1.54) is 25.2 Å². The third kappa shape index (κ3) is 9.38. The predicted octanol–water partition coefficient (Wildman–Crippen LogP) is 3.12. The average Bonchev–Trinajstić information content (AvgIpc) is 1.96. The van der Waals surface area contributed by atoms with Crippen LogP contribution >= 0.6 is 0 Å². The minimum absolute atomic E-state index is 0.325. The fraction of sp³-hybridized carbons (Fsp3) is 0.818. The van der Waals surface area contributed by atoms with Crippen LogP contribution in [0.5, 0.6) is 0 Å². The Morgan fingerprint density at radius 1 is 1.31 bits per heavy atom. The highest BCUT2D eigenvalue weighted by Gasteiger charge is 2.04. The van der Waals surface area contributed by atoms with E-state index in [2.05, 4.69) is 20.8 Å². The van der Waals surface area contributed by atoms with Crippen LogP contribution in [0.2, 0.25) is 0 Å². The number of nitrogens with two attached hydrogens (primary N) is 1. The Hall–Kier alpha value is -0.530. The summed E-state index contributed by atoms with van der Waals surface area (Å²) in [6, 6.07) is 0. The lowest BCUT2D eigenvalue weighted by Crippen LogP contribution is -2.08. The van der Waals surface area contributed by atoms with Crippen molar-refractivity contribution < 1.29 is 0 Å². The van der Waals surface area contributed by atoms with Crippen LogP contribution in [0.3, 0.4) is 0 Å². The largest absolute Gasteiger partial charge is 0.388 e. The molecular formula is C11H23N2. The maximum absolute atomic E-state index is 7.07. The molecule has 3 N–H and O–H groups in total. The lowest BCUT2D eigenvalue weighted by Gasteiger charge is -2.12. The van der Waals surface area contributed by atoms with Crippen molar-refractivity contribution in [3.05, 3.63) is 5.92 Å². The molecule has 0 rings (SSSR count). The van der Waals surface area contributed by atoms with Gasteiger partial charge in [0.15, 0.2) is 0 Å². The Bertz CT molecular complexity index is 141. The highest BCUT2D eigenvalue weighted by molar-refractivity contribution is 5.76. The molecular weight excluding hydrogens is 160 g/mol. The molecule has 0 aliphatic rings. The molecule has 0 spiro atoms. The van der Waals surface area contributed by atoms with Gasteiger partial charge in [-0.25, -0.2) is 0 Å². The van der Waals surface area contributed by atoms with E-state index in [1.807, 2.05) is 0 Å². The lowest BCUT2D eigenvalue weighted by atomic mass is 9.94.